The lowest BCUT2D eigenvalue weighted by molar-refractivity contribution is -0.458. The number of hydrogen-bond donors (Lipinski definition) is 0. The van der Waals surface area contributed by atoms with Crippen LogP contribution in [0.3, 0.4) is 0 Å². The SMILES string of the molecule is Fc1c(F)c(F)c([Si](Cl)(Cl)C(F)(F)C(F)(F)C(F)(F)C(F)(F)C(F)(F)C(F)(F)C(F)(F)C(F)(F)F)c(F)c1F. The molecule has 0 aliphatic carbocycles. The van der Waals surface area contributed by atoms with Gasteiger partial charge in [-0.1, -0.05) is 0 Å². The fourth-order valence-electron chi connectivity index (χ4n) is 2.40. The highest BCUT2D eigenvalue weighted by molar-refractivity contribution is 7.52. The van der Waals surface area contributed by atoms with Gasteiger partial charge < -0.3 is 0 Å². The normalized spacial score (nSPS) is 15.7. The molecule has 0 bridgehead atoms. The average molecular weight is 685 g/mol. The number of halogens is 24. The minimum atomic E-state index is -9.08. The van der Waals surface area contributed by atoms with Gasteiger partial charge in [0.15, 0.2) is 23.3 Å². The Hall–Kier alpha value is -1.52. The van der Waals surface area contributed by atoms with Gasteiger partial charge in [0.1, 0.15) is 0 Å². The molecule has 0 atom stereocenters. The minimum absolute atomic E-state index is 3.27. The van der Waals surface area contributed by atoms with Crippen LogP contribution in [0, 0.1) is 29.1 Å². The lowest BCUT2D eigenvalue weighted by atomic mass is 9.91. The fraction of sp³-hybridized carbons (Fsp3) is 0.571. The molecular formula is C14Cl2F22Si. The van der Waals surface area contributed by atoms with Crippen LogP contribution < -0.4 is 5.19 Å². The Morgan fingerprint density at radius 2 is 0.590 bits per heavy atom. The van der Waals surface area contributed by atoms with Gasteiger partial charge in [-0.25, -0.2) is 30.7 Å². The van der Waals surface area contributed by atoms with Gasteiger partial charge in [0.2, 0.25) is 5.82 Å². The van der Waals surface area contributed by atoms with Crippen LogP contribution >= 0.6 is 22.2 Å². The number of benzene rings is 1. The summed E-state index contributed by atoms with van der Waals surface area (Å²) in [4.78, 5) is 0. The predicted octanol–water partition coefficient (Wildman–Crippen LogP) is 8.06. The molecule has 0 aliphatic heterocycles. The average Bonchev–Trinajstić information content (AvgIpc) is 2.74. The molecule has 0 nitrogen and oxygen atoms in total. The van der Waals surface area contributed by atoms with E-state index < -0.39 is 88.2 Å². The summed E-state index contributed by atoms with van der Waals surface area (Å²) in [5.74, 6) is -70.4. The maximum atomic E-state index is 14.3. The monoisotopic (exact) mass is 684 g/mol. The van der Waals surface area contributed by atoms with E-state index in [2.05, 4.69) is 22.2 Å². The molecular weight excluding hydrogens is 685 g/mol. The third-order valence-electron chi connectivity index (χ3n) is 4.64. The number of alkyl halides is 17. The van der Waals surface area contributed by atoms with Crippen LogP contribution in [0.5, 0.6) is 0 Å². The molecule has 0 heterocycles. The van der Waals surface area contributed by atoms with E-state index in [4.69, 9.17) is 0 Å². The Bertz CT molecular complexity index is 1090. The molecule has 0 aromatic heterocycles. The van der Waals surface area contributed by atoms with Crippen LogP contribution in [0.15, 0.2) is 0 Å². The maximum Gasteiger partial charge on any atom is 0.460 e. The van der Waals surface area contributed by atoms with E-state index in [1.807, 2.05) is 0 Å². The molecule has 0 saturated carbocycles. The van der Waals surface area contributed by atoms with E-state index in [0.29, 0.717) is 0 Å². The largest absolute Gasteiger partial charge is 0.460 e. The zero-order chi connectivity index (χ0) is 32.0. The van der Waals surface area contributed by atoms with Crippen molar-refractivity contribution in [3.05, 3.63) is 29.1 Å². The molecule has 0 N–H and O–H groups in total. The van der Waals surface area contributed by atoms with Gasteiger partial charge in [-0.15, -0.1) is 22.2 Å². The van der Waals surface area contributed by atoms with Gasteiger partial charge in [-0.2, -0.15) is 65.9 Å². The highest BCUT2D eigenvalue weighted by Gasteiger charge is 2.96. The van der Waals surface area contributed by atoms with Gasteiger partial charge in [-0.3, -0.25) is 0 Å². The van der Waals surface area contributed by atoms with Crippen LogP contribution in [0.4, 0.5) is 96.6 Å². The van der Waals surface area contributed by atoms with Crippen molar-refractivity contribution in [1.82, 2.24) is 0 Å². The van der Waals surface area contributed by atoms with Gasteiger partial charge in [0.05, 0.1) is 5.19 Å². The van der Waals surface area contributed by atoms with Crippen molar-refractivity contribution in [2.24, 2.45) is 0 Å². The van der Waals surface area contributed by atoms with Crippen LogP contribution in [0.2, 0.25) is 0 Å². The fourth-order valence-corrected chi connectivity index (χ4v) is 5.74. The second kappa shape index (κ2) is 9.24. The third-order valence-corrected chi connectivity index (χ3v) is 9.37. The van der Waals surface area contributed by atoms with Crippen LogP contribution in [0.25, 0.3) is 0 Å². The van der Waals surface area contributed by atoms with Crippen molar-refractivity contribution >= 4 is 34.0 Å². The van der Waals surface area contributed by atoms with Crippen LogP contribution in [-0.4, -0.2) is 54.0 Å². The zero-order valence-electron chi connectivity index (χ0n) is 16.6. The van der Waals surface area contributed by atoms with Gasteiger partial charge in [-0.05, 0) is 0 Å². The summed E-state index contributed by atoms with van der Waals surface area (Å²) in [6, 6.07) is 0. The first-order valence-electron chi connectivity index (χ1n) is 8.29. The summed E-state index contributed by atoms with van der Waals surface area (Å²) in [6.45, 7) is -8.09. The van der Waals surface area contributed by atoms with Crippen LogP contribution in [0.1, 0.15) is 0 Å². The Morgan fingerprint density at radius 1 is 0.359 bits per heavy atom. The molecule has 25 heteroatoms. The lowest BCUT2D eigenvalue weighted by Crippen LogP contribution is -2.77. The van der Waals surface area contributed by atoms with Crippen molar-refractivity contribution in [3.63, 3.8) is 0 Å². The Morgan fingerprint density at radius 3 is 0.872 bits per heavy atom. The van der Waals surface area contributed by atoms with Crippen LogP contribution in [-0.2, 0) is 0 Å². The van der Waals surface area contributed by atoms with E-state index in [9.17, 15) is 96.6 Å². The summed E-state index contributed by atoms with van der Waals surface area (Å²) in [5.41, 5.74) is -7.81. The summed E-state index contributed by atoms with van der Waals surface area (Å²) in [7, 11) is 0. The molecule has 39 heavy (non-hydrogen) atoms. The Labute approximate surface area is 207 Å². The highest BCUT2D eigenvalue weighted by Crippen LogP contribution is 2.65. The molecule has 0 fully saturated rings. The first-order valence-corrected chi connectivity index (χ1v) is 12.3. The molecule has 0 aliphatic rings. The summed E-state index contributed by atoms with van der Waals surface area (Å²) < 4.78 is 294. The Kier molecular flexibility index (Phi) is 8.41. The molecule has 1 aromatic carbocycles. The molecule has 1 rings (SSSR count). The zero-order valence-corrected chi connectivity index (χ0v) is 19.1. The van der Waals surface area contributed by atoms with E-state index in [1.165, 1.54) is 0 Å². The molecule has 1 aromatic rings. The van der Waals surface area contributed by atoms with Crippen molar-refractivity contribution in [1.29, 1.82) is 0 Å². The van der Waals surface area contributed by atoms with E-state index >= 15 is 0 Å². The summed E-state index contributed by atoms with van der Waals surface area (Å²) in [6.07, 6.45) is -8.00. The standard InChI is InChI=1S/C14Cl2F22Si/c15-39(16,6-4(20)2(18)1(17)3(19)5(6)21)14(37,38)12(32,33)10(28,29)8(24,25)7(22,23)9(26,27)11(30,31)13(34,35)36. The van der Waals surface area contributed by atoms with Crippen molar-refractivity contribution in [3.8, 4) is 0 Å². The first kappa shape index (κ1) is 35.5. The first-order chi connectivity index (χ1) is 16.7. The maximum absolute atomic E-state index is 14.3. The van der Waals surface area contributed by atoms with Crippen molar-refractivity contribution < 1.29 is 96.6 Å². The van der Waals surface area contributed by atoms with Gasteiger partial charge in [0, 0.05) is 0 Å². The van der Waals surface area contributed by atoms with E-state index in [-0.39, 0.29) is 0 Å². The molecule has 228 valence electrons. The minimum Gasteiger partial charge on any atom is -0.204 e. The Balaban J connectivity index is 3.98. The lowest BCUT2D eigenvalue weighted by Gasteiger charge is -2.44. The second-order valence-electron chi connectivity index (χ2n) is 7.04. The predicted molar refractivity (Wildman–Crippen MR) is 84.0 cm³/mol. The summed E-state index contributed by atoms with van der Waals surface area (Å²) in [5, 5.41) is -3.51. The molecule has 0 saturated heterocycles. The van der Waals surface area contributed by atoms with E-state index in [0.717, 1.165) is 0 Å². The molecule has 0 radical (unpaired) electrons. The molecule has 0 amide bonds. The quantitative estimate of drug-likeness (QED) is 0.0855. The topological polar surface area (TPSA) is 0 Å². The third kappa shape index (κ3) is 4.29. The summed E-state index contributed by atoms with van der Waals surface area (Å²) >= 11 is 8.99. The molecule has 0 unspecified atom stereocenters. The number of rotatable bonds is 8. The van der Waals surface area contributed by atoms with Gasteiger partial charge >= 0.3 is 54.0 Å². The number of hydrogen-bond acceptors (Lipinski definition) is 0. The molecule has 0 spiro atoms. The van der Waals surface area contributed by atoms with Crippen molar-refractivity contribution in [2.45, 2.75) is 47.3 Å². The second-order valence-corrected chi connectivity index (χ2v) is 13.3. The van der Waals surface area contributed by atoms with E-state index in [1.54, 1.807) is 0 Å². The van der Waals surface area contributed by atoms with Crippen molar-refractivity contribution in [2.75, 3.05) is 0 Å². The smallest absolute Gasteiger partial charge is 0.204 e. The van der Waals surface area contributed by atoms with Gasteiger partial charge in [0.25, 0.3) is 0 Å². The highest BCUT2D eigenvalue weighted by atomic mass is 35.7.